The Bertz CT molecular complexity index is 1060. The Morgan fingerprint density at radius 2 is 1.84 bits per heavy atom. The summed E-state index contributed by atoms with van der Waals surface area (Å²) in [5, 5.41) is 34.6. The average molecular weight is 517 g/mol. The highest BCUT2D eigenvalue weighted by molar-refractivity contribution is 5.96. The third-order valence-electron chi connectivity index (χ3n) is 11.0. The minimum atomic E-state index is -1.20. The monoisotopic (exact) mass is 516 g/mol. The van der Waals surface area contributed by atoms with Gasteiger partial charge in [-0.3, -0.25) is 9.59 Å². The number of amides is 1. The van der Waals surface area contributed by atoms with Gasteiger partial charge in [-0.1, -0.05) is 24.6 Å². The molecule has 0 radical (unpaired) electrons. The SMILES string of the molecule is CC(=O)[C@@]1(O)CC[C@H]2[C@@H]3CCC4=CC(=NOCC(=O)N5CC(O)CC5C(=O)O)CC[C@]4(C)[C@H]3CC[C@@]21C. The van der Waals surface area contributed by atoms with Gasteiger partial charge in [-0.2, -0.15) is 0 Å². The van der Waals surface area contributed by atoms with Gasteiger partial charge in [-0.25, -0.2) is 4.79 Å². The molecule has 3 saturated carbocycles. The molecule has 0 aromatic carbocycles. The van der Waals surface area contributed by atoms with Crippen LogP contribution < -0.4 is 0 Å². The summed E-state index contributed by atoms with van der Waals surface area (Å²) in [5.41, 5.74) is 0.673. The van der Waals surface area contributed by atoms with E-state index >= 15 is 0 Å². The molecule has 37 heavy (non-hydrogen) atoms. The highest BCUT2D eigenvalue weighted by Gasteiger charge is 2.65. The van der Waals surface area contributed by atoms with Gasteiger partial charge in [0.15, 0.2) is 12.4 Å². The van der Waals surface area contributed by atoms with Gasteiger partial charge in [-0.15, -0.1) is 0 Å². The zero-order valence-corrected chi connectivity index (χ0v) is 22.1. The van der Waals surface area contributed by atoms with E-state index in [4.69, 9.17) is 4.84 Å². The number of allylic oxidation sites excluding steroid dienone is 2. The molecule has 9 heteroatoms. The molecule has 5 aliphatic rings. The third-order valence-corrected chi connectivity index (χ3v) is 11.0. The fourth-order valence-electron chi connectivity index (χ4n) is 8.81. The molecule has 1 heterocycles. The summed E-state index contributed by atoms with van der Waals surface area (Å²) in [6.07, 6.45) is 8.33. The lowest BCUT2D eigenvalue weighted by Crippen LogP contribution is -2.57. The smallest absolute Gasteiger partial charge is 0.326 e. The zero-order valence-electron chi connectivity index (χ0n) is 22.1. The molecule has 9 nitrogen and oxygen atoms in total. The van der Waals surface area contributed by atoms with Crippen LogP contribution >= 0.6 is 0 Å². The number of carbonyl (C=O) groups excluding carboxylic acids is 2. The number of rotatable bonds is 5. The van der Waals surface area contributed by atoms with Crippen LogP contribution in [0.15, 0.2) is 16.8 Å². The largest absolute Gasteiger partial charge is 0.480 e. The Hall–Kier alpha value is -2.26. The number of carboxylic acids is 1. The van der Waals surface area contributed by atoms with Crippen molar-refractivity contribution in [3.05, 3.63) is 11.6 Å². The van der Waals surface area contributed by atoms with Crippen molar-refractivity contribution in [2.24, 2.45) is 33.7 Å². The number of Topliss-reactive ketones (excluding diaryl/α,β-unsaturated/α-hetero) is 1. The number of aliphatic hydroxyl groups excluding tert-OH is 1. The van der Waals surface area contributed by atoms with Crippen molar-refractivity contribution >= 4 is 23.4 Å². The van der Waals surface area contributed by atoms with Gasteiger partial charge in [-0.05, 0) is 87.5 Å². The summed E-state index contributed by atoms with van der Waals surface area (Å²) >= 11 is 0. The highest BCUT2D eigenvalue weighted by atomic mass is 16.6. The lowest BCUT2D eigenvalue weighted by Gasteiger charge is -2.59. The Morgan fingerprint density at radius 3 is 2.54 bits per heavy atom. The summed E-state index contributed by atoms with van der Waals surface area (Å²) < 4.78 is 0. The second-order valence-electron chi connectivity index (χ2n) is 12.6. The van der Waals surface area contributed by atoms with E-state index in [-0.39, 0.29) is 36.2 Å². The van der Waals surface area contributed by atoms with Crippen LogP contribution in [-0.2, 0) is 19.2 Å². The number of nitrogens with zero attached hydrogens (tertiary/aromatic N) is 2. The van der Waals surface area contributed by atoms with Crippen molar-refractivity contribution < 1.29 is 34.5 Å². The van der Waals surface area contributed by atoms with Gasteiger partial charge in [0.2, 0.25) is 0 Å². The van der Waals surface area contributed by atoms with Crippen molar-refractivity contribution in [3.63, 3.8) is 0 Å². The molecule has 4 fully saturated rings. The van der Waals surface area contributed by atoms with Crippen LogP contribution in [0.1, 0.15) is 78.6 Å². The van der Waals surface area contributed by atoms with E-state index in [1.165, 1.54) is 5.57 Å². The Morgan fingerprint density at radius 1 is 1.11 bits per heavy atom. The maximum Gasteiger partial charge on any atom is 0.326 e. The highest BCUT2D eigenvalue weighted by Crippen LogP contribution is 2.67. The molecule has 0 aromatic heterocycles. The standard InChI is InChI=1S/C28H40N2O7/c1-16(31)28(36)11-8-22-20-5-4-17-12-18(6-9-26(17,2)21(20)7-10-27(22,28)3)29-37-15-24(33)30-14-19(32)13-23(30)25(34)35/h12,19-23,32,36H,4-11,13-15H2,1-3H3,(H,34,35)/t19?,20-,21+,22+,23?,26+,27+,28+/m1/s1. The molecular formula is C28H40N2O7. The van der Waals surface area contributed by atoms with Gasteiger partial charge in [0.25, 0.3) is 5.91 Å². The summed E-state index contributed by atoms with van der Waals surface area (Å²) in [6.45, 7) is 5.67. The second-order valence-corrected chi connectivity index (χ2v) is 12.6. The molecule has 0 aromatic rings. The Labute approximate surface area is 217 Å². The first-order valence-electron chi connectivity index (χ1n) is 13.7. The molecule has 2 unspecified atom stereocenters. The molecule has 3 N–H and O–H groups in total. The molecule has 0 bridgehead atoms. The summed E-state index contributed by atoms with van der Waals surface area (Å²) in [5.74, 6) is -0.334. The first-order valence-corrected chi connectivity index (χ1v) is 13.7. The minimum Gasteiger partial charge on any atom is -0.480 e. The van der Waals surface area contributed by atoms with Crippen LogP contribution in [-0.4, -0.2) is 74.5 Å². The fraction of sp³-hybridized carbons (Fsp3) is 0.786. The van der Waals surface area contributed by atoms with Crippen LogP contribution in [0.25, 0.3) is 0 Å². The summed E-state index contributed by atoms with van der Waals surface area (Å²) in [6, 6.07) is -1.03. The third kappa shape index (κ3) is 4.04. The molecule has 8 atom stereocenters. The summed E-state index contributed by atoms with van der Waals surface area (Å²) in [4.78, 5) is 42.8. The minimum absolute atomic E-state index is 0.00938. The molecule has 204 valence electrons. The maximum atomic E-state index is 12.5. The van der Waals surface area contributed by atoms with Gasteiger partial charge < -0.3 is 25.1 Å². The van der Waals surface area contributed by atoms with Gasteiger partial charge >= 0.3 is 5.97 Å². The molecule has 5 rings (SSSR count). The number of hydrogen-bond donors (Lipinski definition) is 3. The quantitative estimate of drug-likeness (QED) is 0.478. The molecule has 1 amide bonds. The number of aliphatic hydroxyl groups is 2. The summed E-state index contributed by atoms with van der Waals surface area (Å²) in [7, 11) is 0. The topological polar surface area (TPSA) is 137 Å². The fourth-order valence-corrected chi connectivity index (χ4v) is 8.81. The predicted molar refractivity (Wildman–Crippen MR) is 134 cm³/mol. The number of fused-ring (bicyclic) bond motifs is 5. The zero-order chi connectivity index (χ0) is 26.8. The van der Waals surface area contributed by atoms with Crippen LogP contribution in [0.3, 0.4) is 0 Å². The molecule has 1 aliphatic heterocycles. The predicted octanol–water partition coefficient (Wildman–Crippen LogP) is 2.69. The first-order chi connectivity index (χ1) is 17.4. The lowest BCUT2D eigenvalue weighted by molar-refractivity contribution is -0.159. The van der Waals surface area contributed by atoms with Crippen molar-refractivity contribution in [2.45, 2.75) is 96.3 Å². The van der Waals surface area contributed by atoms with E-state index in [9.17, 15) is 29.7 Å². The average Bonchev–Trinajstić information content (AvgIpc) is 3.37. The lowest BCUT2D eigenvalue weighted by atomic mass is 9.46. The van der Waals surface area contributed by atoms with Crippen molar-refractivity contribution in [1.29, 1.82) is 0 Å². The van der Waals surface area contributed by atoms with Crippen LogP contribution in [0, 0.1) is 28.6 Å². The number of β-amino-alcohol motifs (C(OH)–C–C–N with tert-alkyl or cyclic N) is 1. The Balaban J connectivity index is 1.26. The molecular weight excluding hydrogens is 476 g/mol. The first kappa shape index (κ1) is 26.4. The number of ketones is 1. The van der Waals surface area contributed by atoms with E-state index in [0.717, 1.165) is 55.6 Å². The number of hydrogen-bond acceptors (Lipinski definition) is 7. The van der Waals surface area contributed by atoms with Crippen molar-refractivity contribution in [2.75, 3.05) is 13.2 Å². The maximum absolute atomic E-state index is 12.5. The second kappa shape index (κ2) is 9.19. The number of oxime groups is 1. The Kier molecular flexibility index (Phi) is 6.54. The van der Waals surface area contributed by atoms with Gasteiger partial charge in [0.05, 0.1) is 11.8 Å². The van der Waals surface area contributed by atoms with Crippen LogP contribution in [0.5, 0.6) is 0 Å². The van der Waals surface area contributed by atoms with E-state index in [1.54, 1.807) is 6.92 Å². The molecule has 1 saturated heterocycles. The van der Waals surface area contributed by atoms with E-state index < -0.39 is 29.6 Å². The number of carbonyl (C=O) groups is 3. The van der Waals surface area contributed by atoms with Crippen LogP contribution in [0.2, 0.25) is 0 Å². The van der Waals surface area contributed by atoms with Crippen LogP contribution in [0.4, 0.5) is 0 Å². The molecule has 0 spiro atoms. The van der Waals surface area contributed by atoms with E-state index in [2.05, 4.69) is 25.1 Å². The molecule has 4 aliphatic carbocycles. The van der Waals surface area contributed by atoms with E-state index in [1.807, 2.05) is 0 Å². The van der Waals surface area contributed by atoms with Gasteiger partial charge in [0.1, 0.15) is 11.6 Å². The number of carboxylic acid groups (broad SMARTS) is 1. The normalized spacial score (nSPS) is 44.0. The van der Waals surface area contributed by atoms with Gasteiger partial charge in [0, 0.05) is 18.4 Å². The van der Waals surface area contributed by atoms with E-state index in [0.29, 0.717) is 24.2 Å². The van der Waals surface area contributed by atoms with Crippen molar-refractivity contribution in [3.8, 4) is 0 Å². The number of likely N-dealkylation sites (tertiary alicyclic amines) is 1. The van der Waals surface area contributed by atoms with Crippen molar-refractivity contribution in [1.82, 2.24) is 4.90 Å². The number of aliphatic carboxylic acids is 1.